The Morgan fingerprint density at radius 3 is 2.92 bits per heavy atom. The minimum Gasteiger partial charge on any atom is -0.464 e. The summed E-state index contributed by atoms with van der Waals surface area (Å²) in [5, 5.41) is 0.409. The molecule has 0 amide bonds. The van der Waals surface area contributed by atoms with E-state index in [1.165, 1.54) is 18.4 Å². The molecule has 0 spiro atoms. The number of hydrogen-bond acceptors (Lipinski definition) is 5. The van der Waals surface area contributed by atoms with Crippen LogP contribution in [0.1, 0.15) is 22.3 Å². The van der Waals surface area contributed by atoms with Crippen molar-refractivity contribution in [2.45, 2.75) is 13.3 Å². The standard InChI is InChI=1S/C7H10N2O2S/c1-3-4-5(6(10)11-2)9-7(8)12-4/h3H2,1-2H3,(H2,8,9). The van der Waals surface area contributed by atoms with Gasteiger partial charge >= 0.3 is 5.97 Å². The van der Waals surface area contributed by atoms with Crippen molar-refractivity contribution in [1.29, 1.82) is 0 Å². The maximum absolute atomic E-state index is 11.1. The Bertz CT molecular complexity index is 296. The second-order valence-corrected chi connectivity index (χ2v) is 3.28. The Hall–Kier alpha value is -1.10. The van der Waals surface area contributed by atoms with Gasteiger partial charge in [0.15, 0.2) is 10.8 Å². The van der Waals surface area contributed by atoms with E-state index in [4.69, 9.17) is 5.73 Å². The molecule has 4 nitrogen and oxygen atoms in total. The van der Waals surface area contributed by atoms with Crippen LogP contribution in [0.4, 0.5) is 5.13 Å². The zero-order chi connectivity index (χ0) is 9.14. The number of anilines is 1. The Balaban J connectivity index is 3.04. The number of carbonyl (C=O) groups excluding carboxylic acids is 1. The first-order valence-corrected chi connectivity index (χ1v) is 4.34. The van der Waals surface area contributed by atoms with Gasteiger partial charge in [-0.3, -0.25) is 0 Å². The Kier molecular flexibility index (Phi) is 2.65. The van der Waals surface area contributed by atoms with Gasteiger partial charge in [0.05, 0.1) is 7.11 Å². The van der Waals surface area contributed by atoms with Crippen LogP contribution in [0.25, 0.3) is 0 Å². The third kappa shape index (κ3) is 1.55. The zero-order valence-corrected chi connectivity index (χ0v) is 7.77. The molecule has 0 radical (unpaired) electrons. The first-order chi connectivity index (χ1) is 5.69. The minimum absolute atomic E-state index is 0.350. The summed E-state index contributed by atoms with van der Waals surface area (Å²) >= 11 is 1.32. The lowest BCUT2D eigenvalue weighted by atomic mass is 10.3. The maximum Gasteiger partial charge on any atom is 0.357 e. The average Bonchev–Trinajstić information content (AvgIpc) is 2.45. The molecular formula is C7H10N2O2S. The number of esters is 1. The van der Waals surface area contributed by atoms with Gasteiger partial charge in [-0.15, -0.1) is 11.3 Å². The van der Waals surface area contributed by atoms with Crippen LogP contribution in [0.15, 0.2) is 0 Å². The molecule has 0 saturated heterocycles. The predicted octanol–water partition coefficient (Wildman–Crippen LogP) is 1.07. The van der Waals surface area contributed by atoms with Gasteiger partial charge in [0.25, 0.3) is 0 Å². The molecule has 0 aromatic carbocycles. The summed E-state index contributed by atoms with van der Waals surface area (Å²) in [6.45, 7) is 1.94. The summed E-state index contributed by atoms with van der Waals surface area (Å²) in [4.78, 5) is 15.8. The Labute approximate surface area is 74.4 Å². The molecule has 0 bridgehead atoms. The molecule has 1 rings (SSSR count). The normalized spacial score (nSPS) is 9.83. The maximum atomic E-state index is 11.1. The molecule has 2 N–H and O–H groups in total. The predicted molar refractivity (Wildman–Crippen MR) is 47.2 cm³/mol. The van der Waals surface area contributed by atoms with Crippen molar-refractivity contribution in [2.75, 3.05) is 12.8 Å². The van der Waals surface area contributed by atoms with E-state index in [2.05, 4.69) is 9.72 Å². The fraction of sp³-hybridized carbons (Fsp3) is 0.429. The van der Waals surface area contributed by atoms with Gasteiger partial charge in [-0.1, -0.05) is 6.92 Å². The van der Waals surface area contributed by atoms with E-state index in [0.717, 1.165) is 11.3 Å². The molecule has 1 aromatic heterocycles. The molecule has 0 aliphatic rings. The number of methoxy groups -OCH3 is 1. The fourth-order valence-electron chi connectivity index (χ4n) is 0.866. The number of aromatic nitrogens is 1. The molecule has 0 aliphatic carbocycles. The van der Waals surface area contributed by atoms with Gasteiger partial charge in [0.2, 0.25) is 0 Å². The second kappa shape index (κ2) is 3.53. The van der Waals surface area contributed by atoms with Crippen LogP contribution >= 0.6 is 11.3 Å². The van der Waals surface area contributed by atoms with E-state index < -0.39 is 5.97 Å². The highest BCUT2D eigenvalue weighted by Crippen LogP contribution is 2.21. The summed E-state index contributed by atoms with van der Waals surface area (Å²) in [6, 6.07) is 0. The van der Waals surface area contributed by atoms with Gasteiger partial charge in [-0.2, -0.15) is 0 Å². The molecule has 1 aromatic rings. The average molecular weight is 186 g/mol. The van der Waals surface area contributed by atoms with E-state index in [-0.39, 0.29) is 0 Å². The smallest absolute Gasteiger partial charge is 0.357 e. The van der Waals surface area contributed by atoms with E-state index in [0.29, 0.717) is 10.8 Å². The van der Waals surface area contributed by atoms with Crippen molar-refractivity contribution in [1.82, 2.24) is 4.98 Å². The Morgan fingerprint density at radius 1 is 1.75 bits per heavy atom. The van der Waals surface area contributed by atoms with Crippen molar-refractivity contribution in [3.63, 3.8) is 0 Å². The minimum atomic E-state index is -0.417. The topological polar surface area (TPSA) is 65.2 Å². The van der Waals surface area contributed by atoms with Crippen LogP contribution in [0, 0.1) is 0 Å². The number of rotatable bonds is 2. The van der Waals surface area contributed by atoms with Crippen LogP contribution in [0.2, 0.25) is 0 Å². The number of ether oxygens (including phenoxy) is 1. The van der Waals surface area contributed by atoms with Crippen LogP contribution in [0.5, 0.6) is 0 Å². The zero-order valence-electron chi connectivity index (χ0n) is 6.96. The molecule has 1 heterocycles. The van der Waals surface area contributed by atoms with Crippen molar-refractivity contribution < 1.29 is 9.53 Å². The summed E-state index contributed by atoms with van der Waals surface area (Å²) < 4.78 is 4.54. The number of carbonyl (C=O) groups is 1. The summed E-state index contributed by atoms with van der Waals surface area (Å²) in [6.07, 6.45) is 0.749. The first-order valence-electron chi connectivity index (χ1n) is 3.52. The third-order valence-corrected chi connectivity index (χ3v) is 2.44. The highest BCUT2D eigenvalue weighted by Gasteiger charge is 2.15. The van der Waals surface area contributed by atoms with Crippen LogP contribution in [-0.2, 0) is 11.2 Å². The van der Waals surface area contributed by atoms with Crippen molar-refractivity contribution in [3.05, 3.63) is 10.6 Å². The Morgan fingerprint density at radius 2 is 2.42 bits per heavy atom. The van der Waals surface area contributed by atoms with Crippen LogP contribution < -0.4 is 5.73 Å². The van der Waals surface area contributed by atoms with Gasteiger partial charge in [0.1, 0.15) is 0 Å². The molecule has 0 saturated carbocycles. The van der Waals surface area contributed by atoms with E-state index >= 15 is 0 Å². The van der Waals surface area contributed by atoms with Crippen molar-refractivity contribution in [3.8, 4) is 0 Å². The van der Waals surface area contributed by atoms with Crippen LogP contribution in [0.3, 0.4) is 0 Å². The van der Waals surface area contributed by atoms with Gasteiger partial charge < -0.3 is 10.5 Å². The fourth-order valence-corrected chi connectivity index (χ4v) is 1.63. The molecule has 0 aliphatic heterocycles. The van der Waals surface area contributed by atoms with Gasteiger partial charge in [-0.25, -0.2) is 9.78 Å². The number of aryl methyl sites for hydroxylation is 1. The number of nitrogens with zero attached hydrogens (tertiary/aromatic N) is 1. The molecule has 66 valence electrons. The van der Waals surface area contributed by atoms with Crippen LogP contribution in [-0.4, -0.2) is 18.1 Å². The molecule has 0 fully saturated rings. The van der Waals surface area contributed by atoms with E-state index in [1.807, 2.05) is 6.92 Å². The number of nitrogens with two attached hydrogens (primary N) is 1. The lowest BCUT2D eigenvalue weighted by Gasteiger charge is -1.95. The molecule has 12 heavy (non-hydrogen) atoms. The number of hydrogen-bond donors (Lipinski definition) is 1. The van der Waals surface area contributed by atoms with Gasteiger partial charge in [-0.05, 0) is 6.42 Å². The first kappa shape index (κ1) is 8.99. The second-order valence-electron chi connectivity index (χ2n) is 2.17. The summed E-state index contributed by atoms with van der Waals surface area (Å²) in [5.41, 5.74) is 5.80. The highest BCUT2D eigenvalue weighted by atomic mass is 32.1. The lowest BCUT2D eigenvalue weighted by Crippen LogP contribution is -2.04. The van der Waals surface area contributed by atoms with E-state index in [9.17, 15) is 4.79 Å². The number of nitrogen functional groups attached to an aromatic ring is 1. The largest absolute Gasteiger partial charge is 0.464 e. The third-order valence-electron chi connectivity index (χ3n) is 1.41. The summed E-state index contributed by atoms with van der Waals surface area (Å²) in [5.74, 6) is -0.417. The molecule has 0 unspecified atom stereocenters. The molecular weight excluding hydrogens is 176 g/mol. The van der Waals surface area contributed by atoms with Crippen molar-refractivity contribution >= 4 is 22.4 Å². The van der Waals surface area contributed by atoms with E-state index in [1.54, 1.807) is 0 Å². The summed E-state index contributed by atoms with van der Waals surface area (Å²) in [7, 11) is 1.33. The molecule has 5 heteroatoms. The number of thiazole rings is 1. The lowest BCUT2D eigenvalue weighted by molar-refractivity contribution is 0.0594. The van der Waals surface area contributed by atoms with Crippen molar-refractivity contribution in [2.24, 2.45) is 0 Å². The SMILES string of the molecule is CCc1sc(N)nc1C(=O)OC. The highest BCUT2D eigenvalue weighted by molar-refractivity contribution is 7.15. The molecule has 0 atom stereocenters. The van der Waals surface area contributed by atoms with Gasteiger partial charge in [0, 0.05) is 4.88 Å². The quantitative estimate of drug-likeness (QED) is 0.702. The monoisotopic (exact) mass is 186 g/mol.